The van der Waals surface area contributed by atoms with Crippen LogP contribution in [0.1, 0.15) is 43.4 Å². The van der Waals surface area contributed by atoms with E-state index in [1.807, 2.05) is 0 Å². The molecule has 1 aliphatic rings. The third-order valence-electron chi connectivity index (χ3n) is 4.78. The molecule has 0 aromatic heterocycles. The van der Waals surface area contributed by atoms with Crippen molar-refractivity contribution in [3.8, 4) is 0 Å². The van der Waals surface area contributed by atoms with Crippen LogP contribution in [0.3, 0.4) is 0 Å². The number of nitrogens with two attached hydrogens (primary N) is 1. The number of hydrogen-bond acceptors (Lipinski definition) is 3. The zero-order valence-electron chi connectivity index (χ0n) is 14.0. The van der Waals surface area contributed by atoms with E-state index < -0.39 is 0 Å². The van der Waals surface area contributed by atoms with Crippen molar-refractivity contribution in [1.82, 2.24) is 9.80 Å². The van der Waals surface area contributed by atoms with Crippen LogP contribution in [0, 0.1) is 5.92 Å². The quantitative estimate of drug-likeness (QED) is 0.874. The lowest BCUT2D eigenvalue weighted by Crippen LogP contribution is -2.35. The van der Waals surface area contributed by atoms with E-state index in [-0.39, 0.29) is 0 Å². The topological polar surface area (TPSA) is 32.5 Å². The van der Waals surface area contributed by atoms with Crippen LogP contribution in [0.5, 0.6) is 0 Å². The molecule has 1 aliphatic heterocycles. The first-order chi connectivity index (χ1) is 10.0. The molecule has 1 aromatic carbocycles. The first kappa shape index (κ1) is 16.5. The van der Waals surface area contributed by atoms with Crippen molar-refractivity contribution in [2.45, 2.75) is 32.2 Å². The second kappa shape index (κ2) is 7.39. The molecule has 2 unspecified atom stereocenters. The molecule has 2 N–H and O–H groups in total. The van der Waals surface area contributed by atoms with Crippen LogP contribution in [0.4, 0.5) is 0 Å². The van der Waals surface area contributed by atoms with E-state index in [0.29, 0.717) is 18.5 Å². The summed E-state index contributed by atoms with van der Waals surface area (Å²) in [5, 5.41) is 0. The Bertz CT molecular complexity index is 427. The molecule has 118 valence electrons. The average molecular weight is 289 g/mol. The first-order valence-corrected chi connectivity index (χ1v) is 8.20. The fourth-order valence-electron chi connectivity index (χ4n) is 3.38. The third kappa shape index (κ3) is 4.29. The molecule has 0 radical (unpaired) electrons. The van der Waals surface area contributed by atoms with Crippen LogP contribution >= 0.6 is 0 Å². The fraction of sp³-hybridized carbons (Fsp3) is 0.667. The monoisotopic (exact) mass is 289 g/mol. The minimum Gasteiger partial charge on any atom is -0.329 e. The van der Waals surface area contributed by atoms with Gasteiger partial charge in [0.25, 0.3) is 0 Å². The van der Waals surface area contributed by atoms with Crippen LogP contribution in [0.25, 0.3) is 0 Å². The van der Waals surface area contributed by atoms with Crippen LogP contribution in [-0.4, -0.2) is 50.1 Å². The van der Waals surface area contributed by atoms with Gasteiger partial charge >= 0.3 is 0 Å². The summed E-state index contributed by atoms with van der Waals surface area (Å²) < 4.78 is 0. The van der Waals surface area contributed by atoms with Gasteiger partial charge in [0.2, 0.25) is 0 Å². The van der Waals surface area contributed by atoms with Gasteiger partial charge in [-0.25, -0.2) is 0 Å². The summed E-state index contributed by atoms with van der Waals surface area (Å²) in [6.07, 6.45) is 1.31. The summed E-state index contributed by atoms with van der Waals surface area (Å²) in [7, 11) is 4.43. The predicted octanol–water partition coefficient (Wildman–Crippen LogP) is 2.69. The van der Waals surface area contributed by atoms with Gasteiger partial charge < -0.3 is 10.6 Å². The van der Waals surface area contributed by atoms with Gasteiger partial charge in [0.1, 0.15) is 0 Å². The number of nitrogens with zero attached hydrogens (tertiary/aromatic N) is 2. The van der Waals surface area contributed by atoms with E-state index in [1.165, 1.54) is 30.6 Å². The maximum Gasteiger partial charge on any atom is 0.0467 e. The van der Waals surface area contributed by atoms with Gasteiger partial charge in [-0.2, -0.15) is 0 Å². The third-order valence-corrected chi connectivity index (χ3v) is 4.78. The van der Waals surface area contributed by atoms with E-state index in [2.05, 4.69) is 62.0 Å². The summed E-state index contributed by atoms with van der Waals surface area (Å²) in [6.45, 7) is 8.73. The van der Waals surface area contributed by atoms with E-state index in [9.17, 15) is 0 Å². The van der Waals surface area contributed by atoms with Crippen molar-refractivity contribution in [3.63, 3.8) is 0 Å². The second-order valence-electron chi connectivity index (χ2n) is 6.93. The zero-order valence-corrected chi connectivity index (χ0v) is 14.0. The van der Waals surface area contributed by atoms with Crippen LogP contribution < -0.4 is 5.73 Å². The minimum atomic E-state index is 0.331. The summed E-state index contributed by atoms with van der Waals surface area (Å²) in [4.78, 5) is 4.86. The van der Waals surface area contributed by atoms with Crippen molar-refractivity contribution < 1.29 is 0 Å². The van der Waals surface area contributed by atoms with Gasteiger partial charge in [-0.3, -0.25) is 4.90 Å². The maximum absolute atomic E-state index is 6.05. The van der Waals surface area contributed by atoms with Gasteiger partial charge in [0, 0.05) is 25.7 Å². The average Bonchev–Trinajstić information content (AvgIpc) is 2.85. The molecule has 0 bridgehead atoms. The molecule has 0 saturated carbocycles. The van der Waals surface area contributed by atoms with Crippen molar-refractivity contribution in [3.05, 3.63) is 35.4 Å². The Hall–Kier alpha value is -0.900. The van der Waals surface area contributed by atoms with E-state index in [4.69, 9.17) is 5.73 Å². The van der Waals surface area contributed by atoms with Gasteiger partial charge in [0.05, 0.1) is 0 Å². The van der Waals surface area contributed by atoms with Gasteiger partial charge in [0.15, 0.2) is 0 Å². The maximum atomic E-state index is 6.05. The Labute approximate surface area is 130 Å². The highest BCUT2D eigenvalue weighted by atomic mass is 15.2. The number of likely N-dealkylation sites (N-methyl/N-ethyl adjacent to an activating group) is 1. The largest absolute Gasteiger partial charge is 0.329 e. The Balaban J connectivity index is 2.00. The Morgan fingerprint density at radius 3 is 2.33 bits per heavy atom. The molecule has 0 spiro atoms. The molecular formula is C18H31N3. The zero-order chi connectivity index (χ0) is 15.4. The Morgan fingerprint density at radius 1 is 1.24 bits per heavy atom. The summed E-state index contributed by atoms with van der Waals surface area (Å²) in [5.74, 6) is 1.37. The molecule has 3 nitrogen and oxygen atoms in total. The molecule has 21 heavy (non-hydrogen) atoms. The molecule has 1 aromatic rings. The smallest absolute Gasteiger partial charge is 0.0467 e. The molecular weight excluding hydrogens is 258 g/mol. The second-order valence-corrected chi connectivity index (χ2v) is 6.93. The van der Waals surface area contributed by atoms with E-state index in [0.717, 1.165) is 12.5 Å². The van der Waals surface area contributed by atoms with E-state index >= 15 is 0 Å². The van der Waals surface area contributed by atoms with Crippen LogP contribution in [0.15, 0.2) is 24.3 Å². The van der Waals surface area contributed by atoms with Crippen molar-refractivity contribution in [2.75, 3.05) is 40.3 Å². The minimum absolute atomic E-state index is 0.331. The van der Waals surface area contributed by atoms with Gasteiger partial charge in [-0.15, -0.1) is 0 Å². The van der Waals surface area contributed by atoms with E-state index in [1.54, 1.807) is 0 Å². The molecule has 2 rings (SSSR count). The first-order valence-electron chi connectivity index (χ1n) is 8.20. The van der Waals surface area contributed by atoms with Crippen LogP contribution in [0.2, 0.25) is 0 Å². The number of likely N-dealkylation sites (tertiary alicyclic amines) is 1. The molecule has 1 fully saturated rings. The molecule has 3 heteroatoms. The Morgan fingerprint density at radius 2 is 1.86 bits per heavy atom. The standard InChI is InChI=1S/C18H31N3/c1-14(2)16-5-7-17(8-6-16)18(11-19)21(4)13-15-9-10-20(3)12-15/h5-8,14-15,18H,9-13,19H2,1-4H3. The summed E-state index contributed by atoms with van der Waals surface area (Å²) in [5.41, 5.74) is 8.79. The summed E-state index contributed by atoms with van der Waals surface area (Å²) >= 11 is 0. The van der Waals surface area contributed by atoms with Gasteiger partial charge in [-0.1, -0.05) is 38.1 Å². The lowest BCUT2D eigenvalue weighted by molar-refractivity contribution is 0.211. The van der Waals surface area contributed by atoms with Crippen molar-refractivity contribution >= 4 is 0 Å². The van der Waals surface area contributed by atoms with Crippen LogP contribution in [-0.2, 0) is 0 Å². The number of hydrogen-bond donors (Lipinski definition) is 1. The predicted molar refractivity (Wildman–Crippen MR) is 90.6 cm³/mol. The SMILES string of the molecule is CC(C)c1ccc(C(CN)N(C)CC2CCN(C)C2)cc1. The molecule has 0 aliphatic carbocycles. The molecule has 0 amide bonds. The lowest BCUT2D eigenvalue weighted by Gasteiger charge is -2.30. The lowest BCUT2D eigenvalue weighted by atomic mass is 9.98. The molecule has 1 heterocycles. The fourth-order valence-corrected chi connectivity index (χ4v) is 3.38. The number of rotatable bonds is 6. The van der Waals surface area contributed by atoms with Crippen molar-refractivity contribution in [1.29, 1.82) is 0 Å². The highest BCUT2D eigenvalue weighted by molar-refractivity contribution is 5.27. The summed E-state index contributed by atoms with van der Waals surface area (Å²) in [6, 6.07) is 9.34. The number of benzene rings is 1. The Kier molecular flexibility index (Phi) is 5.80. The molecule has 1 saturated heterocycles. The van der Waals surface area contributed by atoms with Crippen molar-refractivity contribution in [2.24, 2.45) is 11.7 Å². The van der Waals surface area contributed by atoms with Gasteiger partial charge in [-0.05, 0) is 50.0 Å². The highest BCUT2D eigenvalue weighted by Gasteiger charge is 2.24. The highest BCUT2D eigenvalue weighted by Crippen LogP contribution is 2.24. The molecule has 2 atom stereocenters. The normalized spacial score (nSPS) is 21.4.